The Morgan fingerprint density at radius 1 is 1.24 bits per heavy atom. The predicted octanol–water partition coefficient (Wildman–Crippen LogP) is 1.20. The number of carboxylic acid groups (broad SMARTS) is 1. The monoisotopic (exact) mass is 231 g/mol. The van der Waals surface area contributed by atoms with E-state index in [-0.39, 0.29) is 11.3 Å². The molecule has 0 saturated heterocycles. The van der Waals surface area contributed by atoms with Crippen molar-refractivity contribution >= 4 is 17.3 Å². The maximum atomic E-state index is 11.8. The highest BCUT2D eigenvalue weighted by Gasteiger charge is 2.16. The number of carboxylic acids is 1. The van der Waals surface area contributed by atoms with E-state index in [1.54, 1.807) is 18.2 Å². The van der Waals surface area contributed by atoms with E-state index in [0.717, 1.165) is 6.07 Å². The molecule has 0 radical (unpaired) electrons. The number of hydrogen-bond donors (Lipinski definition) is 1. The molecular weight excluding hydrogens is 222 g/mol. The Kier molecular flexibility index (Phi) is 2.51. The molecule has 5 nitrogen and oxygen atoms in total. The number of carbonyl (C=O) groups excluding carboxylic acids is 1. The molecule has 0 atom stereocenters. The fourth-order valence-electron chi connectivity index (χ4n) is 1.68. The molecule has 2 aromatic rings. The van der Waals surface area contributed by atoms with Gasteiger partial charge in [0.15, 0.2) is 5.78 Å². The van der Waals surface area contributed by atoms with Crippen LogP contribution in [0.2, 0.25) is 0 Å². The zero-order valence-corrected chi connectivity index (χ0v) is 9.01. The molecule has 17 heavy (non-hydrogen) atoms. The van der Waals surface area contributed by atoms with E-state index in [1.165, 1.54) is 17.5 Å². The summed E-state index contributed by atoms with van der Waals surface area (Å²) in [5.74, 6) is -1.62. The third-order valence-electron chi connectivity index (χ3n) is 2.48. The molecule has 2 rings (SSSR count). The average Bonchev–Trinajstić information content (AvgIpc) is 2.29. The van der Waals surface area contributed by atoms with Gasteiger partial charge in [-0.3, -0.25) is 14.0 Å². The molecule has 0 amide bonds. The van der Waals surface area contributed by atoms with Crippen LogP contribution in [0.4, 0.5) is 0 Å². The first-order valence-corrected chi connectivity index (χ1v) is 4.91. The van der Waals surface area contributed by atoms with E-state index in [2.05, 4.69) is 0 Å². The summed E-state index contributed by atoms with van der Waals surface area (Å²) in [6.07, 6.45) is 1.44. The van der Waals surface area contributed by atoms with Gasteiger partial charge in [0.1, 0.15) is 5.56 Å². The number of rotatable bonds is 2. The van der Waals surface area contributed by atoms with Gasteiger partial charge in [-0.05, 0) is 25.1 Å². The Morgan fingerprint density at radius 3 is 2.53 bits per heavy atom. The van der Waals surface area contributed by atoms with Gasteiger partial charge in [0.25, 0.3) is 5.56 Å². The number of fused-ring (bicyclic) bond motifs is 1. The van der Waals surface area contributed by atoms with E-state index < -0.39 is 17.1 Å². The highest BCUT2D eigenvalue weighted by molar-refractivity contribution is 6.02. The maximum Gasteiger partial charge on any atom is 0.341 e. The second kappa shape index (κ2) is 3.86. The van der Waals surface area contributed by atoms with Gasteiger partial charge in [-0.15, -0.1) is 0 Å². The normalized spacial score (nSPS) is 10.4. The van der Waals surface area contributed by atoms with Crippen LogP contribution in [0.25, 0.3) is 5.52 Å². The molecule has 0 fully saturated rings. The number of hydrogen-bond acceptors (Lipinski definition) is 3. The summed E-state index contributed by atoms with van der Waals surface area (Å²) < 4.78 is 1.17. The minimum Gasteiger partial charge on any atom is -0.477 e. The third-order valence-corrected chi connectivity index (χ3v) is 2.48. The van der Waals surface area contributed by atoms with E-state index in [4.69, 9.17) is 5.11 Å². The van der Waals surface area contributed by atoms with E-state index in [1.807, 2.05) is 0 Å². The molecular formula is C12H9NO4. The fraction of sp³-hybridized carbons (Fsp3) is 0.0833. The molecule has 0 aromatic carbocycles. The van der Waals surface area contributed by atoms with Gasteiger partial charge in [-0.25, -0.2) is 4.79 Å². The number of aromatic nitrogens is 1. The van der Waals surface area contributed by atoms with Gasteiger partial charge < -0.3 is 5.11 Å². The van der Waals surface area contributed by atoms with Crippen LogP contribution in [0.1, 0.15) is 27.6 Å². The first-order chi connectivity index (χ1) is 8.02. The van der Waals surface area contributed by atoms with Gasteiger partial charge in [-0.1, -0.05) is 6.07 Å². The van der Waals surface area contributed by atoms with Crippen LogP contribution in [-0.4, -0.2) is 21.3 Å². The lowest BCUT2D eigenvalue weighted by Crippen LogP contribution is -2.23. The van der Waals surface area contributed by atoms with Crippen molar-refractivity contribution in [1.82, 2.24) is 4.40 Å². The van der Waals surface area contributed by atoms with Crippen molar-refractivity contribution in [2.45, 2.75) is 6.92 Å². The highest BCUT2D eigenvalue weighted by atomic mass is 16.4. The molecule has 5 heteroatoms. The number of pyridine rings is 2. The van der Waals surface area contributed by atoms with E-state index >= 15 is 0 Å². The van der Waals surface area contributed by atoms with Crippen molar-refractivity contribution in [3.8, 4) is 0 Å². The standard InChI is InChI=1S/C12H9NO4/c1-7(14)8-6-9(12(16)17)11(15)13-5-3-2-4-10(8)13/h2-6H,1H3,(H,16,17). The summed E-state index contributed by atoms with van der Waals surface area (Å²) in [4.78, 5) is 34.2. The highest BCUT2D eigenvalue weighted by Crippen LogP contribution is 2.11. The molecule has 0 saturated carbocycles. The summed E-state index contributed by atoms with van der Waals surface area (Å²) in [6, 6.07) is 6.01. The van der Waals surface area contributed by atoms with Crippen molar-refractivity contribution in [3.63, 3.8) is 0 Å². The zero-order chi connectivity index (χ0) is 12.6. The molecule has 1 N–H and O–H groups in total. The van der Waals surface area contributed by atoms with Gasteiger partial charge in [0.2, 0.25) is 0 Å². The summed E-state index contributed by atoms with van der Waals surface area (Å²) in [6.45, 7) is 1.33. The van der Waals surface area contributed by atoms with Crippen LogP contribution in [0.15, 0.2) is 35.3 Å². The van der Waals surface area contributed by atoms with Crippen molar-refractivity contribution in [2.24, 2.45) is 0 Å². The van der Waals surface area contributed by atoms with Crippen LogP contribution in [0.3, 0.4) is 0 Å². The Hall–Kier alpha value is -2.43. The van der Waals surface area contributed by atoms with Crippen molar-refractivity contribution in [1.29, 1.82) is 0 Å². The van der Waals surface area contributed by atoms with Crippen LogP contribution in [-0.2, 0) is 0 Å². The molecule has 0 aliphatic rings. The Bertz CT molecular complexity index is 684. The van der Waals surface area contributed by atoms with Crippen LogP contribution >= 0.6 is 0 Å². The smallest absolute Gasteiger partial charge is 0.341 e. The molecule has 0 aliphatic carbocycles. The Balaban J connectivity index is 3.00. The summed E-state index contributed by atoms with van der Waals surface area (Å²) in [5, 5.41) is 8.91. The quantitative estimate of drug-likeness (QED) is 0.788. The third kappa shape index (κ3) is 1.71. The Labute approximate surface area is 95.9 Å². The first-order valence-electron chi connectivity index (χ1n) is 4.91. The van der Waals surface area contributed by atoms with Gasteiger partial charge in [0, 0.05) is 11.8 Å². The van der Waals surface area contributed by atoms with Crippen molar-refractivity contribution < 1.29 is 14.7 Å². The predicted molar refractivity (Wildman–Crippen MR) is 60.6 cm³/mol. The maximum absolute atomic E-state index is 11.8. The molecule has 2 heterocycles. The molecule has 0 bridgehead atoms. The first kappa shape index (κ1) is 11.1. The minimum absolute atomic E-state index is 0.225. The summed E-state index contributed by atoms with van der Waals surface area (Å²) in [5.41, 5.74) is -0.408. The average molecular weight is 231 g/mol. The minimum atomic E-state index is -1.34. The van der Waals surface area contributed by atoms with Gasteiger partial charge in [0.05, 0.1) is 5.52 Å². The topological polar surface area (TPSA) is 75.8 Å². The second-order valence-corrected chi connectivity index (χ2v) is 3.59. The lowest BCUT2D eigenvalue weighted by Gasteiger charge is -2.06. The van der Waals surface area contributed by atoms with Crippen molar-refractivity contribution in [2.75, 3.05) is 0 Å². The lowest BCUT2D eigenvalue weighted by molar-refractivity contribution is 0.0695. The summed E-state index contributed by atoms with van der Waals surface area (Å²) >= 11 is 0. The summed E-state index contributed by atoms with van der Waals surface area (Å²) in [7, 11) is 0. The SMILES string of the molecule is CC(=O)c1cc(C(=O)O)c(=O)n2ccccc12. The van der Waals surface area contributed by atoms with Crippen LogP contribution in [0.5, 0.6) is 0 Å². The molecule has 86 valence electrons. The fourth-order valence-corrected chi connectivity index (χ4v) is 1.68. The number of ketones is 1. The number of aromatic carboxylic acids is 1. The number of Topliss-reactive ketones (excluding diaryl/α,β-unsaturated/α-hetero) is 1. The van der Waals surface area contributed by atoms with E-state index in [0.29, 0.717) is 5.52 Å². The van der Waals surface area contributed by atoms with Gasteiger partial charge >= 0.3 is 5.97 Å². The molecule has 0 spiro atoms. The van der Waals surface area contributed by atoms with Crippen molar-refractivity contribution in [3.05, 3.63) is 51.9 Å². The lowest BCUT2D eigenvalue weighted by atomic mass is 10.1. The number of carbonyl (C=O) groups is 2. The Morgan fingerprint density at radius 2 is 1.94 bits per heavy atom. The molecule has 2 aromatic heterocycles. The van der Waals surface area contributed by atoms with Crippen LogP contribution in [0, 0.1) is 0 Å². The van der Waals surface area contributed by atoms with Crippen LogP contribution < -0.4 is 5.56 Å². The second-order valence-electron chi connectivity index (χ2n) is 3.59. The molecule has 0 unspecified atom stereocenters. The van der Waals surface area contributed by atoms with Gasteiger partial charge in [-0.2, -0.15) is 0 Å². The molecule has 0 aliphatic heterocycles. The number of nitrogens with zero attached hydrogens (tertiary/aromatic N) is 1. The van der Waals surface area contributed by atoms with E-state index in [9.17, 15) is 14.4 Å². The zero-order valence-electron chi connectivity index (χ0n) is 9.01. The largest absolute Gasteiger partial charge is 0.477 e.